The van der Waals surface area contributed by atoms with E-state index in [4.69, 9.17) is 0 Å². The first-order valence-electron chi connectivity index (χ1n) is 13.6. The Morgan fingerprint density at radius 1 is 0.526 bits per heavy atom. The molecule has 38 heavy (non-hydrogen) atoms. The standard InChI is InChI=1S/C36H30N2/c1-2-3-23-37-33-24-28(26-13-7-4-8-14-26)19-21-31(33)35-32-22-20-29(27-15-9-5-10-16-27)25-34(32)38(36(35)37)30-17-11-6-12-18-30/h4-22,24-25H,2-3,23H2,1H3. The summed E-state index contributed by atoms with van der Waals surface area (Å²) in [6.07, 6.45) is 2.29. The van der Waals surface area contributed by atoms with E-state index >= 15 is 0 Å². The van der Waals surface area contributed by atoms with Crippen molar-refractivity contribution in [1.29, 1.82) is 0 Å². The van der Waals surface area contributed by atoms with Gasteiger partial charge in [0.15, 0.2) is 0 Å². The lowest BCUT2D eigenvalue weighted by Gasteiger charge is -2.13. The number of unbranched alkanes of at least 4 members (excludes halogenated alkanes) is 1. The first kappa shape index (κ1) is 22.6. The predicted octanol–water partition coefficient (Wildman–Crippen LogP) is 9.87. The minimum Gasteiger partial charge on any atom is -0.326 e. The smallest absolute Gasteiger partial charge is 0.126 e. The zero-order valence-corrected chi connectivity index (χ0v) is 21.6. The van der Waals surface area contributed by atoms with Crippen LogP contribution in [0.1, 0.15) is 19.8 Å². The molecule has 0 amide bonds. The zero-order chi connectivity index (χ0) is 25.5. The van der Waals surface area contributed by atoms with Crippen LogP contribution >= 0.6 is 0 Å². The highest BCUT2D eigenvalue weighted by atomic mass is 15.1. The zero-order valence-electron chi connectivity index (χ0n) is 21.6. The molecule has 2 nitrogen and oxygen atoms in total. The van der Waals surface area contributed by atoms with Crippen LogP contribution in [0.15, 0.2) is 127 Å². The van der Waals surface area contributed by atoms with Gasteiger partial charge in [0.05, 0.1) is 11.0 Å². The van der Waals surface area contributed by atoms with E-state index in [0.717, 1.165) is 19.4 Å². The fourth-order valence-electron chi connectivity index (χ4n) is 5.88. The SMILES string of the molecule is CCCCn1c2cc(-c3ccccc3)ccc2c2c3ccc(-c4ccccc4)cc3n(-c3ccccc3)c21. The van der Waals surface area contributed by atoms with Crippen molar-refractivity contribution in [3.05, 3.63) is 127 Å². The van der Waals surface area contributed by atoms with Gasteiger partial charge in [-0.05, 0) is 52.9 Å². The van der Waals surface area contributed by atoms with Gasteiger partial charge < -0.3 is 4.57 Å². The van der Waals surface area contributed by atoms with Crippen LogP contribution in [0.2, 0.25) is 0 Å². The fraction of sp³-hybridized carbons (Fsp3) is 0.111. The van der Waals surface area contributed by atoms with Gasteiger partial charge in [-0.2, -0.15) is 0 Å². The molecule has 0 spiro atoms. The summed E-state index contributed by atoms with van der Waals surface area (Å²) in [5.41, 5.74) is 10.0. The average Bonchev–Trinajstić information content (AvgIpc) is 3.49. The number of benzene rings is 5. The highest BCUT2D eigenvalue weighted by molar-refractivity contribution is 6.22. The minimum absolute atomic E-state index is 0.990. The number of nitrogens with zero attached hydrogens (tertiary/aromatic N) is 2. The molecule has 0 aliphatic heterocycles. The molecule has 5 aromatic carbocycles. The lowest BCUT2D eigenvalue weighted by atomic mass is 10.0. The number of para-hydroxylation sites is 1. The van der Waals surface area contributed by atoms with E-state index in [1.165, 1.54) is 60.8 Å². The van der Waals surface area contributed by atoms with E-state index < -0.39 is 0 Å². The van der Waals surface area contributed by atoms with Crippen LogP contribution in [0.25, 0.3) is 60.8 Å². The summed E-state index contributed by atoms with van der Waals surface area (Å²) in [7, 11) is 0. The van der Waals surface area contributed by atoms with Crippen molar-refractivity contribution in [2.24, 2.45) is 0 Å². The molecular formula is C36H30N2. The summed E-state index contributed by atoms with van der Waals surface area (Å²) >= 11 is 0. The van der Waals surface area contributed by atoms with Gasteiger partial charge in [-0.15, -0.1) is 0 Å². The van der Waals surface area contributed by atoms with Crippen LogP contribution < -0.4 is 0 Å². The third kappa shape index (κ3) is 3.64. The van der Waals surface area contributed by atoms with Crippen LogP contribution in [0.5, 0.6) is 0 Å². The lowest BCUT2D eigenvalue weighted by Crippen LogP contribution is -2.03. The van der Waals surface area contributed by atoms with Gasteiger partial charge >= 0.3 is 0 Å². The Hall–Kier alpha value is -4.56. The molecule has 184 valence electrons. The summed E-state index contributed by atoms with van der Waals surface area (Å²) in [4.78, 5) is 0. The van der Waals surface area contributed by atoms with E-state index in [1.807, 2.05) is 0 Å². The Morgan fingerprint density at radius 3 is 1.63 bits per heavy atom. The van der Waals surface area contributed by atoms with Crippen molar-refractivity contribution in [2.45, 2.75) is 26.3 Å². The second kappa shape index (κ2) is 9.39. The molecule has 0 atom stereocenters. The molecular weight excluding hydrogens is 460 g/mol. The van der Waals surface area contributed by atoms with Gasteiger partial charge in [0.25, 0.3) is 0 Å². The van der Waals surface area contributed by atoms with Gasteiger partial charge in [0.2, 0.25) is 0 Å². The molecule has 0 radical (unpaired) electrons. The Labute approximate surface area is 223 Å². The molecule has 2 aromatic heterocycles. The second-order valence-electron chi connectivity index (χ2n) is 10.1. The molecule has 0 bridgehead atoms. The molecule has 0 saturated heterocycles. The van der Waals surface area contributed by atoms with Gasteiger partial charge in [-0.1, -0.05) is 116 Å². The number of rotatable bonds is 6. The van der Waals surface area contributed by atoms with E-state index in [0.29, 0.717) is 0 Å². The summed E-state index contributed by atoms with van der Waals surface area (Å²) < 4.78 is 5.05. The molecule has 2 heteroatoms. The summed E-state index contributed by atoms with van der Waals surface area (Å²) in [5.74, 6) is 0. The van der Waals surface area contributed by atoms with E-state index in [1.54, 1.807) is 0 Å². The first-order chi connectivity index (χ1) is 18.8. The van der Waals surface area contributed by atoms with E-state index in [9.17, 15) is 0 Å². The maximum Gasteiger partial charge on any atom is 0.126 e. The second-order valence-corrected chi connectivity index (χ2v) is 10.1. The Balaban J connectivity index is 1.59. The molecule has 0 N–H and O–H groups in total. The van der Waals surface area contributed by atoms with Crippen LogP contribution in [0.4, 0.5) is 0 Å². The molecule has 0 saturated carbocycles. The maximum atomic E-state index is 2.57. The Morgan fingerprint density at radius 2 is 1.05 bits per heavy atom. The van der Waals surface area contributed by atoms with Crippen LogP contribution in [0, 0.1) is 0 Å². The van der Waals surface area contributed by atoms with Crippen LogP contribution in [-0.4, -0.2) is 9.13 Å². The number of hydrogen-bond donors (Lipinski definition) is 0. The molecule has 0 aliphatic carbocycles. The summed E-state index contributed by atoms with van der Waals surface area (Å²) in [6, 6.07) is 46.2. The molecule has 7 aromatic rings. The predicted molar refractivity (Wildman–Crippen MR) is 162 cm³/mol. The van der Waals surface area contributed by atoms with Gasteiger partial charge in [0.1, 0.15) is 5.65 Å². The Kier molecular flexibility index (Phi) is 5.59. The van der Waals surface area contributed by atoms with Crippen molar-refractivity contribution >= 4 is 32.8 Å². The molecule has 2 heterocycles. The quantitative estimate of drug-likeness (QED) is 0.219. The van der Waals surface area contributed by atoms with Gasteiger partial charge in [0, 0.05) is 28.4 Å². The highest BCUT2D eigenvalue weighted by Crippen LogP contribution is 2.41. The van der Waals surface area contributed by atoms with Crippen molar-refractivity contribution < 1.29 is 0 Å². The largest absolute Gasteiger partial charge is 0.326 e. The number of aromatic nitrogens is 2. The molecule has 0 aliphatic rings. The van der Waals surface area contributed by atoms with Crippen molar-refractivity contribution in [1.82, 2.24) is 9.13 Å². The third-order valence-electron chi connectivity index (χ3n) is 7.72. The van der Waals surface area contributed by atoms with Crippen molar-refractivity contribution in [2.75, 3.05) is 0 Å². The normalized spacial score (nSPS) is 11.6. The van der Waals surface area contributed by atoms with Crippen LogP contribution in [-0.2, 0) is 6.54 Å². The topological polar surface area (TPSA) is 9.86 Å². The van der Waals surface area contributed by atoms with E-state index in [2.05, 4.69) is 143 Å². The van der Waals surface area contributed by atoms with Crippen LogP contribution in [0.3, 0.4) is 0 Å². The monoisotopic (exact) mass is 490 g/mol. The molecule has 0 unspecified atom stereocenters. The minimum atomic E-state index is 0.990. The molecule has 0 fully saturated rings. The lowest BCUT2D eigenvalue weighted by molar-refractivity contribution is 0.658. The summed E-state index contributed by atoms with van der Waals surface area (Å²) in [5, 5.41) is 3.97. The number of hydrogen-bond acceptors (Lipinski definition) is 0. The fourth-order valence-corrected chi connectivity index (χ4v) is 5.88. The summed E-state index contributed by atoms with van der Waals surface area (Å²) in [6.45, 7) is 3.26. The van der Waals surface area contributed by atoms with Gasteiger partial charge in [-0.25, -0.2) is 0 Å². The third-order valence-corrected chi connectivity index (χ3v) is 7.72. The van der Waals surface area contributed by atoms with Gasteiger partial charge in [-0.3, -0.25) is 4.57 Å². The molecule has 7 rings (SSSR count). The number of fused-ring (bicyclic) bond motifs is 5. The maximum absolute atomic E-state index is 2.57. The van der Waals surface area contributed by atoms with E-state index in [-0.39, 0.29) is 0 Å². The Bertz CT molecular complexity index is 1870. The van der Waals surface area contributed by atoms with Crippen molar-refractivity contribution in [3.8, 4) is 27.9 Å². The highest BCUT2D eigenvalue weighted by Gasteiger charge is 2.22. The van der Waals surface area contributed by atoms with Crippen molar-refractivity contribution in [3.63, 3.8) is 0 Å². The first-order valence-corrected chi connectivity index (χ1v) is 13.6. The number of aryl methyl sites for hydroxylation is 1. The average molecular weight is 491 g/mol.